The van der Waals surface area contributed by atoms with Crippen molar-refractivity contribution in [2.75, 3.05) is 6.54 Å². The number of benzene rings is 1. The molecular formula is C17H19N5O. The molecule has 2 aromatic heterocycles. The van der Waals surface area contributed by atoms with Crippen molar-refractivity contribution < 1.29 is 4.79 Å². The van der Waals surface area contributed by atoms with E-state index in [2.05, 4.69) is 20.6 Å². The third-order valence-corrected chi connectivity index (χ3v) is 3.63. The van der Waals surface area contributed by atoms with Crippen molar-refractivity contribution in [2.45, 2.75) is 12.8 Å². The Labute approximate surface area is 134 Å². The summed E-state index contributed by atoms with van der Waals surface area (Å²) in [7, 11) is 1.90. The predicted octanol–water partition coefficient (Wildman–Crippen LogP) is 2.17. The van der Waals surface area contributed by atoms with Crippen molar-refractivity contribution in [2.24, 2.45) is 7.05 Å². The first kappa shape index (κ1) is 15.0. The molecule has 3 rings (SSSR count). The maximum absolute atomic E-state index is 12.3. The molecule has 0 aliphatic carbocycles. The minimum Gasteiger partial charge on any atom is -0.352 e. The quantitative estimate of drug-likeness (QED) is 0.685. The fourth-order valence-corrected chi connectivity index (χ4v) is 2.47. The molecule has 6 nitrogen and oxygen atoms in total. The standard InChI is InChI=1S/C17H19N5O/c1-22-12-13(10-20-22)6-5-9-18-17(23)15-11-19-21-16(15)14-7-3-2-4-8-14/h2-4,7-8,10-12H,5-6,9H2,1H3,(H,18,23)(H,19,21). The largest absolute Gasteiger partial charge is 0.352 e. The molecule has 0 fully saturated rings. The summed E-state index contributed by atoms with van der Waals surface area (Å²) in [6, 6.07) is 9.72. The highest BCUT2D eigenvalue weighted by atomic mass is 16.1. The van der Waals surface area contributed by atoms with Crippen LogP contribution in [0.15, 0.2) is 48.9 Å². The average Bonchev–Trinajstić information content (AvgIpc) is 3.21. The van der Waals surface area contributed by atoms with Crippen molar-refractivity contribution in [1.29, 1.82) is 0 Å². The molecule has 0 saturated heterocycles. The Bertz CT molecular complexity index is 775. The molecule has 0 saturated carbocycles. The van der Waals surface area contributed by atoms with Crippen LogP contribution in [0.1, 0.15) is 22.3 Å². The molecule has 0 aliphatic heterocycles. The van der Waals surface area contributed by atoms with E-state index in [-0.39, 0.29) is 5.91 Å². The zero-order valence-electron chi connectivity index (χ0n) is 13.0. The van der Waals surface area contributed by atoms with Crippen molar-refractivity contribution in [1.82, 2.24) is 25.3 Å². The first-order valence-corrected chi connectivity index (χ1v) is 7.58. The molecule has 1 amide bonds. The highest BCUT2D eigenvalue weighted by Crippen LogP contribution is 2.20. The third-order valence-electron chi connectivity index (χ3n) is 3.63. The molecule has 0 atom stereocenters. The maximum atomic E-state index is 12.3. The molecule has 6 heteroatoms. The van der Waals surface area contributed by atoms with E-state index in [1.165, 1.54) is 5.56 Å². The normalized spacial score (nSPS) is 10.7. The summed E-state index contributed by atoms with van der Waals surface area (Å²) >= 11 is 0. The van der Waals surface area contributed by atoms with Crippen LogP contribution in [0.2, 0.25) is 0 Å². The molecule has 2 N–H and O–H groups in total. The number of rotatable bonds is 6. The second-order valence-corrected chi connectivity index (χ2v) is 5.41. The Hall–Kier alpha value is -2.89. The second-order valence-electron chi connectivity index (χ2n) is 5.41. The van der Waals surface area contributed by atoms with Crippen LogP contribution in [-0.2, 0) is 13.5 Å². The van der Waals surface area contributed by atoms with Gasteiger partial charge in [0.2, 0.25) is 0 Å². The monoisotopic (exact) mass is 309 g/mol. The second kappa shape index (κ2) is 6.91. The Kier molecular flexibility index (Phi) is 4.52. The lowest BCUT2D eigenvalue weighted by molar-refractivity contribution is 0.0954. The Morgan fingerprint density at radius 3 is 2.83 bits per heavy atom. The number of hydrogen-bond donors (Lipinski definition) is 2. The van der Waals surface area contributed by atoms with Gasteiger partial charge in [0.1, 0.15) is 0 Å². The number of hydrogen-bond acceptors (Lipinski definition) is 3. The number of aryl methyl sites for hydroxylation is 2. The number of H-pyrrole nitrogens is 1. The molecule has 0 unspecified atom stereocenters. The number of aromatic nitrogens is 4. The van der Waals surface area contributed by atoms with E-state index in [4.69, 9.17) is 0 Å². The van der Waals surface area contributed by atoms with Gasteiger partial charge in [0.05, 0.1) is 23.7 Å². The van der Waals surface area contributed by atoms with E-state index in [0.29, 0.717) is 12.1 Å². The third kappa shape index (κ3) is 3.66. The lowest BCUT2D eigenvalue weighted by Crippen LogP contribution is -2.24. The molecule has 2 heterocycles. The molecule has 3 aromatic rings. The predicted molar refractivity (Wildman–Crippen MR) is 87.9 cm³/mol. The van der Waals surface area contributed by atoms with Gasteiger partial charge in [-0.1, -0.05) is 30.3 Å². The Morgan fingerprint density at radius 1 is 1.26 bits per heavy atom. The summed E-state index contributed by atoms with van der Waals surface area (Å²) in [5.74, 6) is -0.108. The number of amides is 1. The van der Waals surface area contributed by atoms with Crippen LogP contribution in [0.4, 0.5) is 0 Å². The van der Waals surface area contributed by atoms with E-state index in [0.717, 1.165) is 24.1 Å². The first-order chi connectivity index (χ1) is 11.2. The number of aromatic amines is 1. The minimum absolute atomic E-state index is 0.108. The lowest BCUT2D eigenvalue weighted by Gasteiger charge is -2.05. The van der Waals surface area contributed by atoms with E-state index < -0.39 is 0 Å². The fraction of sp³-hybridized carbons (Fsp3) is 0.235. The van der Waals surface area contributed by atoms with Gasteiger partial charge in [-0.15, -0.1) is 0 Å². The minimum atomic E-state index is -0.108. The van der Waals surface area contributed by atoms with Gasteiger partial charge in [-0.05, 0) is 18.4 Å². The van der Waals surface area contributed by atoms with Gasteiger partial charge in [-0.2, -0.15) is 10.2 Å². The summed E-state index contributed by atoms with van der Waals surface area (Å²) < 4.78 is 1.78. The smallest absolute Gasteiger partial charge is 0.255 e. The maximum Gasteiger partial charge on any atom is 0.255 e. The first-order valence-electron chi connectivity index (χ1n) is 7.58. The topological polar surface area (TPSA) is 75.6 Å². The SMILES string of the molecule is Cn1cc(CCCNC(=O)c2cn[nH]c2-c2ccccc2)cn1. The summed E-state index contributed by atoms with van der Waals surface area (Å²) in [6.45, 7) is 0.618. The van der Waals surface area contributed by atoms with E-state index in [1.807, 2.05) is 49.8 Å². The molecule has 23 heavy (non-hydrogen) atoms. The molecule has 1 aromatic carbocycles. The summed E-state index contributed by atoms with van der Waals surface area (Å²) in [5, 5.41) is 14.0. The number of nitrogens with zero attached hydrogens (tertiary/aromatic N) is 3. The molecule has 0 spiro atoms. The molecule has 118 valence electrons. The van der Waals surface area contributed by atoms with E-state index in [1.54, 1.807) is 10.9 Å². The van der Waals surface area contributed by atoms with E-state index in [9.17, 15) is 4.79 Å². The molecule has 0 aliphatic rings. The van der Waals surface area contributed by atoms with Crippen LogP contribution in [-0.4, -0.2) is 32.4 Å². The zero-order chi connectivity index (χ0) is 16.1. The van der Waals surface area contributed by atoms with Crippen LogP contribution in [0.3, 0.4) is 0 Å². The highest BCUT2D eigenvalue weighted by Gasteiger charge is 2.14. The average molecular weight is 309 g/mol. The van der Waals surface area contributed by atoms with Crippen LogP contribution < -0.4 is 5.32 Å². The van der Waals surface area contributed by atoms with Gasteiger partial charge in [-0.25, -0.2) is 0 Å². The van der Waals surface area contributed by atoms with Crippen LogP contribution >= 0.6 is 0 Å². The highest BCUT2D eigenvalue weighted by molar-refractivity contribution is 5.99. The van der Waals surface area contributed by atoms with Gasteiger partial charge in [-0.3, -0.25) is 14.6 Å². The van der Waals surface area contributed by atoms with Crippen LogP contribution in [0.25, 0.3) is 11.3 Å². The Morgan fingerprint density at radius 2 is 2.09 bits per heavy atom. The fourth-order valence-electron chi connectivity index (χ4n) is 2.47. The lowest BCUT2D eigenvalue weighted by atomic mass is 10.1. The van der Waals surface area contributed by atoms with Crippen molar-refractivity contribution in [3.8, 4) is 11.3 Å². The number of nitrogens with one attached hydrogen (secondary N) is 2. The van der Waals surface area contributed by atoms with Gasteiger partial charge in [0.15, 0.2) is 0 Å². The number of carbonyl (C=O) groups is 1. The Balaban J connectivity index is 1.56. The van der Waals surface area contributed by atoms with Gasteiger partial charge in [0.25, 0.3) is 5.91 Å². The van der Waals surface area contributed by atoms with E-state index >= 15 is 0 Å². The van der Waals surface area contributed by atoms with Crippen LogP contribution in [0.5, 0.6) is 0 Å². The van der Waals surface area contributed by atoms with Crippen molar-refractivity contribution in [3.63, 3.8) is 0 Å². The molecule has 0 bridgehead atoms. The van der Waals surface area contributed by atoms with Crippen LogP contribution in [0, 0.1) is 0 Å². The van der Waals surface area contributed by atoms with Crippen molar-refractivity contribution in [3.05, 3.63) is 60.0 Å². The summed E-state index contributed by atoms with van der Waals surface area (Å²) in [6.07, 6.45) is 7.18. The van der Waals surface area contributed by atoms with Crippen molar-refractivity contribution >= 4 is 5.91 Å². The zero-order valence-corrected chi connectivity index (χ0v) is 13.0. The molecule has 0 radical (unpaired) electrons. The molecular weight excluding hydrogens is 290 g/mol. The van der Waals surface area contributed by atoms with Gasteiger partial charge in [0, 0.05) is 25.4 Å². The van der Waals surface area contributed by atoms with Gasteiger partial charge >= 0.3 is 0 Å². The summed E-state index contributed by atoms with van der Waals surface area (Å²) in [4.78, 5) is 12.3. The van der Waals surface area contributed by atoms with Gasteiger partial charge < -0.3 is 5.32 Å². The summed E-state index contributed by atoms with van der Waals surface area (Å²) in [5.41, 5.74) is 3.44. The number of carbonyl (C=O) groups excluding carboxylic acids is 1.